The highest BCUT2D eigenvalue weighted by Crippen LogP contribution is 2.35. The molecule has 1 saturated heterocycles. The third-order valence-electron chi connectivity index (χ3n) is 5.46. The molecule has 0 saturated carbocycles. The number of amides is 1. The number of nitrogens with one attached hydrogen (secondary N) is 2. The first-order valence-electron chi connectivity index (χ1n) is 10.5. The van der Waals surface area contributed by atoms with Gasteiger partial charge in [0.25, 0.3) is 5.91 Å². The normalized spacial score (nSPS) is 17.4. The Kier molecular flexibility index (Phi) is 8.23. The minimum absolute atomic E-state index is 0.235. The van der Waals surface area contributed by atoms with E-state index in [0.717, 1.165) is 30.6 Å². The van der Waals surface area contributed by atoms with Crippen LogP contribution in [-0.2, 0) is 19.7 Å². The number of ketones is 1. The third kappa shape index (κ3) is 6.54. The SMILES string of the molecule is CCCC(NC(C)(C)C)C(=O)C(=O)NCC1(c2ccc(OC)cc2)CCOCC1. The zero-order chi connectivity index (χ0) is 21.5. The lowest BCUT2D eigenvalue weighted by molar-refractivity contribution is -0.139. The maximum absolute atomic E-state index is 12.8. The lowest BCUT2D eigenvalue weighted by atomic mass is 9.74. The maximum atomic E-state index is 12.8. The highest BCUT2D eigenvalue weighted by atomic mass is 16.5. The van der Waals surface area contributed by atoms with Crippen molar-refractivity contribution in [2.24, 2.45) is 0 Å². The molecule has 1 atom stereocenters. The van der Waals surface area contributed by atoms with Gasteiger partial charge in [0.15, 0.2) is 0 Å². The second-order valence-electron chi connectivity index (χ2n) is 8.90. The summed E-state index contributed by atoms with van der Waals surface area (Å²) in [6, 6.07) is 7.48. The number of benzene rings is 1. The van der Waals surface area contributed by atoms with Gasteiger partial charge in [-0.25, -0.2) is 0 Å². The van der Waals surface area contributed by atoms with Gasteiger partial charge in [0.2, 0.25) is 5.78 Å². The van der Waals surface area contributed by atoms with Crippen LogP contribution >= 0.6 is 0 Å². The molecule has 29 heavy (non-hydrogen) atoms. The van der Waals surface area contributed by atoms with Gasteiger partial charge in [-0.1, -0.05) is 25.5 Å². The van der Waals surface area contributed by atoms with Crippen molar-refractivity contribution in [3.05, 3.63) is 29.8 Å². The van der Waals surface area contributed by atoms with Crippen molar-refractivity contribution < 1.29 is 19.1 Å². The number of methoxy groups -OCH3 is 1. The smallest absolute Gasteiger partial charge is 0.289 e. The van der Waals surface area contributed by atoms with Crippen molar-refractivity contribution in [3.8, 4) is 5.75 Å². The van der Waals surface area contributed by atoms with Crippen LogP contribution in [0.1, 0.15) is 58.9 Å². The monoisotopic (exact) mass is 404 g/mol. The molecule has 2 rings (SSSR count). The van der Waals surface area contributed by atoms with Crippen LogP contribution in [0.3, 0.4) is 0 Å². The molecule has 0 radical (unpaired) electrons. The van der Waals surface area contributed by atoms with Gasteiger partial charge in [-0.2, -0.15) is 0 Å². The van der Waals surface area contributed by atoms with E-state index in [2.05, 4.69) is 10.6 Å². The van der Waals surface area contributed by atoms with Gasteiger partial charge >= 0.3 is 0 Å². The van der Waals surface area contributed by atoms with Crippen LogP contribution in [-0.4, -0.2) is 50.1 Å². The predicted octanol–water partition coefficient (Wildman–Crippen LogP) is 2.99. The van der Waals surface area contributed by atoms with Crippen LogP contribution in [0.4, 0.5) is 0 Å². The van der Waals surface area contributed by atoms with E-state index in [1.807, 2.05) is 52.0 Å². The number of carbonyl (C=O) groups excluding carboxylic acids is 2. The molecule has 1 aromatic carbocycles. The van der Waals surface area contributed by atoms with E-state index in [4.69, 9.17) is 9.47 Å². The van der Waals surface area contributed by atoms with Crippen molar-refractivity contribution in [2.75, 3.05) is 26.9 Å². The molecular weight excluding hydrogens is 368 g/mol. The second kappa shape index (κ2) is 10.2. The summed E-state index contributed by atoms with van der Waals surface area (Å²) in [6.45, 7) is 9.72. The van der Waals surface area contributed by atoms with Gasteiger partial charge in [0.05, 0.1) is 13.2 Å². The van der Waals surface area contributed by atoms with E-state index in [1.165, 1.54) is 0 Å². The van der Waals surface area contributed by atoms with Gasteiger partial charge < -0.3 is 20.1 Å². The van der Waals surface area contributed by atoms with Crippen LogP contribution in [0.2, 0.25) is 0 Å². The molecule has 162 valence electrons. The number of hydrogen-bond donors (Lipinski definition) is 2. The molecule has 6 nitrogen and oxygen atoms in total. The summed E-state index contributed by atoms with van der Waals surface area (Å²) in [4.78, 5) is 25.5. The average Bonchev–Trinajstić information content (AvgIpc) is 2.71. The molecular formula is C23H36N2O4. The number of ether oxygens (including phenoxy) is 2. The van der Waals surface area contributed by atoms with Crippen molar-refractivity contribution in [2.45, 2.75) is 70.4 Å². The number of hydrogen-bond acceptors (Lipinski definition) is 5. The van der Waals surface area contributed by atoms with Gasteiger partial charge in [0.1, 0.15) is 5.75 Å². The summed E-state index contributed by atoms with van der Waals surface area (Å²) in [7, 11) is 1.64. The molecule has 1 aliphatic rings. The van der Waals surface area contributed by atoms with Crippen LogP contribution in [0.25, 0.3) is 0 Å². The second-order valence-corrected chi connectivity index (χ2v) is 8.90. The molecule has 2 N–H and O–H groups in total. The van der Waals surface area contributed by atoms with Crippen LogP contribution in [0, 0.1) is 0 Å². The van der Waals surface area contributed by atoms with Crippen LogP contribution < -0.4 is 15.4 Å². The van der Waals surface area contributed by atoms with Gasteiger partial charge in [-0.3, -0.25) is 9.59 Å². The molecule has 1 amide bonds. The summed E-state index contributed by atoms with van der Waals surface area (Å²) in [5.74, 6) is -0.107. The van der Waals surface area contributed by atoms with E-state index in [9.17, 15) is 9.59 Å². The molecule has 1 aliphatic heterocycles. The standard InChI is InChI=1S/C23H36N2O4/c1-6-7-19(25-22(2,3)4)20(26)21(27)24-16-23(12-14-29-15-13-23)17-8-10-18(28-5)11-9-17/h8-11,19,25H,6-7,12-16H2,1-5H3,(H,24,27). The molecule has 0 bridgehead atoms. The number of Topliss-reactive ketones (excluding diaryl/α,β-unsaturated/α-hetero) is 1. The Morgan fingerprint density at radius 1 is 1.17 bits per heavy atom. The first-order chi connectivity index (χ1) is 13.7. The minimum atomic E-state index is -0.514. The Morgan fingerprint density at radius 2 is 1.79 bits per heavy atom. The van der Waals surface area contributed by atoms with E-state index in [-0.39, 0.29) is 11.0 Å². The molecule has 0 aromatic heterocycles. The molecule has 6 heteroatoms. The predicted molar refractivity (Wildman–Crippen MR) is 114 cm³/mol. The summed E-state index contributed by atoms with van der Waals surface area (Å²) < 4.78 is 10.8. The van der Waals surface area contributed by atoms with Crippen molar-refractivity contribution in [1.29, 1.82) is 0 Å². The molecule has 1 unspecified atom stereocenters. The van der Waals surface area contributed by atoms with E-state index in [0.29, 0.717) is 26.2 Å². The summed E-state index contributed by atoms with van der Waals surface area (Å²) in [5.41, 5.74) is 0.658. The van der Waals surface area contributed by atoms with E-state index in [1.54, 1.807) is 7.11 Å². The Morgan fingerprint density at radius 3 is 2.31 bits per heavy atom. The molecule has 0 spiro atoms. The first-order valence-corrected chi connectivity index (χ1v) is 10.5. The fourth-order valence-corrected chi connectivity index (χ4v) is 3.85. The molecule has 1 heterocycles. The third-order valence-corrected chi connectivity index (χ3v) is 5.46. The van der Waals surface area contributed by atoms with Crippen molar-refractivity contribution >= 4 is 11.7 Å². The lowest BCUT2D eigenvalue weighted by Crippen LogP contribution is -2.53. The Hall–Kier alpha value is -1.92. The van der Waals surface area contributed by atoms with Crippen molar-refractivity contribution in [3.63, 3.8) is 0 Å². The number of carbonyl (C=O) groups is 2. The molecule has 1 aromatic rings. The fraction of sp³-hybridized carbons (Fsp3) is 0.652. The van der Waals surface area contributed by atoms with Gasteiger partial charge in [-0.05, 0) is 57.7 Å². The summed E-state index contributed by atoms with van der Waals surface area (Å²) in [5, 5.41) is 6.21. The number of rotatable bonds is 9. The van der Waals surface area contributed by atoms with Crippen LogP contribution in [0.15, 0.2) is 24.3 Å². The first kappa shape index (κ1) is 23.4. The Balaban J connectivity index is 2.11. The zero-order valence-corrected chi connectivity index (χ0v) is 18.5. The van der Waals surface area contributed by atoms with Crippen molar-refractivity contribution in [1.82, 2.24) is 10.6 Å². The highest BCUT2D eigenvalue weighted by molar-refractivity contribution is 6.38. The van der Waals surface area contributed by atoms with Gasteiger partial charge in [0, 0.05) is 30.7 Å². The molecule has 0 aliphatic carbocycles. The Bertz CT molecular complexity index is 673. The van der Waals surface area contributed by atoms with Gasteiger partial charge in [-0.15, -0.1) is 0 Å². The molecule has 1 fully saturated rings. The lowest BCUT2D eigenvalue weighted by Gasteiger charge is -2.38. The zero-order valence-electron chi connectivity index (χ0n) is 18.5. The quantitative estimate of drug-likeness (QED) is 0.619. The van der Waals surface area contributed by atoms with Crippen LogP contribution in [0.5, 0.6) is 5.75 Å². The highest BCUT2D eigenvalue weighted by Gasteiger charge is 2.36. The average molecular weight is 405 g/mol. The topological polar surface area (TPSA) is 76.7 Å². The maximum Gasteiger partial charge on any atom is 0.289 e. The summed E-state index contributed by atoms with van der Waals surface area (Å²) >= 11 is 0. The minimum Gasteiger partial charge on any atom is -0.497 e. The largest absolute Gasteiger partial charge is 0.497 e. The Labute approximate surface area is 174 Å². The summed E-state index contributed by atoms with van der Waals surface area (Å²) in [6.07, 6.45) is 3.07. The van der Waals surface area contributed by atoms with E-state index < -0.39 is 17.7 Å². The van der Waals surface area contributed by atoms with E-state index >= 15 is 0 Å². The fourth-order valence-electron chi connectivity index (χ4n) is 3.85.